The fourth-order valence-corrected chi connectivity index (χ4v) is 3.20. The van der Waals surface area contributed by atoms with E-state index >= 15 is 0 Å². The first-order valence-electron chi connectivity index (χ1n) is 9.42. The van der Waals surface area contributed by atoms with Crippen molar-refractivity contribution in [1.82, 2.24) is 10.3 Å². The van der Waals surface area contributed by atoms with E-state index in [1.54, 1.807) is 24.4 Å². The third kappa shape index (κ3) is 4.79. The number of rotatable bonds is 5. The number of carbonyl (C=O) groups is 1. The SMILES string of the molecule is O=C(NC(=S)Nc1cccc2cccnc12)c1cccc(OCc2ccccc2)c1. The maximum absolute atomic E-state index is 12.6. The van der Waals surface area contributed by atoms with Gasteiger partial charge in [0.05, 0.1) is 11.2 Å². The molecule has 0 fully saturated rings. The molecule has 1 amide bonds. The van der Waals surface area contributed by atoms with E-state index in [0.717, 1.165) is 22.2 Å². The van der Waals surface area contributed by atoms with Gasteiger partial charge in [-0.2, -0.15) is 0 Å². The van der Waals surface area contributed by atoms with Gasteiger partial charge in [0.25, 0.3) is 5.91 Å². The van der Waals surface area contributed by atoms with E-state index in [9.17, 15) is 4.79 Å². The molecule has 30 heavy (non-hydrogen) atoms. The van der Waals surface area contributed by atoms with Crippen LogP contribution in [0.25, 0.3) is 10.9 Å². The van der Waals surface area contributed by atoms with Crippen LogP contribution < -0.4 is 15.4 Å². The molecule has 2 N–H and O–H groups in total. The molecule has 0 aliphatic carbocycles. The molecule has 0 spiro atoms. The third-order valence-electron chi connectivity index (χ3n) is 4.45. The minimum absolute atomic E-state index is 0.203. The number of hydrogen-bond acceptors (Lipinski definition) is 4. The maximum atomic E-state index is 12.6. The van der Waals surface area contributed by atoms with Crippen LogP contribution in [0.1, 0.15) is 15.9 Å². The fourth-order valence-electron chi connectivity index (χ4n) is 3.00. The number of aromatic nitrogens is 1. The van der Waals surface area contributed by atoms with Crippen LogP contribution in [0, 0.1) is 0 Å². The average molecular weight is 414 g/mol. The minimum atomic E-state index is -0.314. The first kappa shape index (κ1) is 19.5. The van der Waals surface area contributed by atoms with Gasteiger partial charge in [-0.05, 0) is 48.1 Å². The summed E-state index contributed by atoms with van der Waals surface area (Å²) in [4.78, 5) is 17.0. The molecule has 148 valence electrons. The van der Waals surface area contributed by atoms with Crippen LogP contribution in [0.4, 0.5) is 5.69 Å². The summed E-state index contributed by atoms with van der Waals surface area (Å²) in [7, 11) is 0. The van der Waals surface area contributed by atoms with E-state index in [0.29, 0.717) is 17.9 Å². The lowest BCUT2D eigenvalue weighted by molar-refractivity contribution is 0.0977. The van der Waals surface area contributed by atoms with Crippen LogP contribution in [0.2, 0.25) is 0 Å². The summed E-state index contributed by atoms with van der Waals surface area (Å²) in [6.07, 6.45) is 1.72. The second kappa shape index (κ2) is 9.15. The van der Waals surface area contributed by atoms with Gasteiger partial charge in [-0.15, -0.1) is 0 Å². The summed E-state index contributed by atoms with van der Waals surface area (Å²) in [5.41, 5.74) is 3.04. The zero-order chi connectivity index (χ0) is 20.8. The smallest absolute Gasteiger partial charge is 0.257 e. The van der Waals surface area contributed by atoms with Gasteiger partial charge < -0.3 is 10.1 Å². The predicted octanol–water partition coefficient (Wildman–Crippen LogP) is 4.94. The molecular formula is C24H19N3O2S. The Balaban J connectivity index is 1.40. The van der Waals surface area contributed by atoms with Crippen molar-refractivity contribution >= 4 is 39.8 Å². The summed E-state index contributed by atoms with van der Waals surface area (Å²) < 4.78 is 5.79. The second-order valence-corrected chi connectivity index (χ2v) is 7.00. The Kier molecular flexibility index (Phi) is 5.96. The fraction of sp³-hybridized carbons (Fsp3) is 0.0417. The van der Waals surface area contributed by atoms with Crippen LogP contribution in [-0.2, 0) is 6.61 Å². The molecular weight excluding hydrogens is 394 g/mol. The zero-order valence-corrected chi connectivity index (χ0v) is 16.9. The number of nitrogens with one attached hydrogen (secondary N) is 2. The van der Waals surface area contributed by atoms with Gasteiger partial charge in [0, 0.05) is 17.1 Å². The van der Waals surface area contributed by atoms with Crippen LogP contribution in [0.3, 0.4) is 0 Å². The van der Waals surface area contributed by atoms with Gasteiger partial charge in [0.15, 0.2) is 5.11 Å². The molecule has 0 aliphatic heterocycles. The number of carbonyl (C=O) groups excluding carboxylic acids is 1. The Bertz CT molecular complexity index is 1190. The number of thiocarbonyl (C=S) groups is 1. The summed E-state index contributed by atoms with van der Waals surface area (Å²) in [5, 5.41) is 6.95. The number of anilines is 1. The Morgan fingerprint density at radius 3 is 2.60 bits per heavy atom. The lowest BCUT2D eigenvalue weighted by atomic mass is 10.2. The van der Waals surface area contributed by atoms with Gasteiger partial charge >= 0.3 is 0 Å². The number of ether oxygens (including phenoxy) is 1. The van der Waals surface area contributed by atoms with E-state index in [1.165, 1.54) is 0 Å². The summed E-state index contributed by atoms with van der Waals surface area (Å²) in [6, 6.07) is 26.4. The van der Waals surface area contributed by atoms with E-state index in [1.807, 2.05) is 66.7 Å². The maximum Gasteiger partial charge on any atom is 0.257 e. The van der Waals surface area contributed by atoms with Crippen molar-refractivity contribution in [3.63, 3.8) is 0 Å². The number of pyridine rings is 1. The second-order valence-electron chi connectivity index (χ2n) is 6.59. The van der Waals surface area contributed by atoms with Gasteiger partial charge in [0.1, 0.15) is 12.4 Å². The molecule has 6 heteroatoms. The normalized spacial score (nSPS) is 10.4. The van der Waals surface area contributed by atoms with Crippen LogP contribution in [-0.4, -0.2) is 16.0 Å². The van der Waals surface area contributed by atoms with Crippen molar-refractivity contribution < 1.29 is 9.53 Å². The first-order chi connectivity index (χ1) is 14.7. The largest absolute Gasteiger partial charge is 0.489 e. The lowest BCUT2D eigenvalue weighted by Crippen LogP contribution is -2.34. The molecule has 0 saturated heterocycles. The summed E-state index contributed by atoms with van der Waals surface area (Å²) >= 11 is 5.32. The number of benzene rings is 3. The number of nitrogens with zero attached hydrogens (tertiary/aromatic N) is 1. The van der Waals surface area contributed by atoms with Crippen LogP contribution in [0.5, 0.6) is 5.75 Å². The van der Waals surface area contributed by atoms with Gasteiger partial charge in [0.2, 0.25) is 0 Å². The van der Waals surface area contributed by atoms with E-state index in [-0.39, 0.29) is 11.0 Å². The van der Waals surface area contributed by atoms with Crippen molar-refractivity contribution in [1.29, 1.82) is 0 Å². The highest BCUT2D eigenvalue weighted by Gasteiger charge is 2.10. The van der Waals surface area contributed by atoms with Gasteiger partial charge in [-0.3, -0.25) is 15.1 Å². The quantitative estimate of drug-likeness (QED) is 0.454. The van der Waals surface area contributed by atoms with Crippen LogP contribution in [0.15, 0.2) is 91.1 Å². The van der Waals surface area contributed by atoms with E-state index < -0.39 is 0 Å². The van der Waals surface area contributed by atoms with Crippen molar-refractivity contribution in [2.75, 3.05) is 5.32 Å². The number of hydrogen-bond donors (Lipinski definition) is 2. The lowest BCUT2D eigenvalue weighted by Gasteiger charge is -2.12. The first-order valence-corrected chi connectivity index (χ1v) is 9.83. The third-order valence-corrected chi connectivity index (χ3v) is 4.66. The molecule has 3 aromatic carbocycles. The van der Waals surface area contributed by atoms with Gasteiger partial charge in [-0.25, -0.2) is 0 Å². The monoisotopic (exact) mass is 413 g/mol. The molecule has 0 unspecified atom stereocenters. The Morgan fingerprint density at radius 2 is 1.73 bits per heavy atom. The molecule has 4 aromatic rings. The molecule has 0 radical (unpaired) electrons. The number of para-hydroxylation sites is 1. The Morgan fingerprint density at radius 1 is 0.933 bits per heavy atom. The Hall–Kier alpha value is -3.77. The van der Waals surface area contributed by atoms with Crippen molar-refractivity contribution in [3.05, 3.63) is 102 Å². The molecule has 0 saturated carbocycles. The topological polar surface area (TPSA) is 63.2 Å². The highest BCUT2D eigenvalue weighted by atomic mass is 32.1. The zero-order valence-electron chi connectivity index (χ0n) is 16.0. The van der Waals surface area contributed by atoms with Crippen LogP contribution >= 0.6 is 12.2 Å². The number of fused-ring (bicyclic) bond motifs is 1. The molecule has 1 aromatic heterocycles. The molecule has 0 aliphatic rings. The van der Waals surface area contributed by atoms with Crippen molar-refractivity contribution in [2.45, 2.75) is 6.61 Å². The van der Waals surface area contributed by atoms with E-state index in [4.69, 9.17) is 17.0 Å². The molecule has 4 rings (SSSR count). The summed E-state index contributed by atoms with van der Waals surface area (Å²) in [6.45, 7) is 0.431. The minimum Gasteiger partial charge on any atom is -0.489 e. The molecule has 1 heterocycles. The standard InChI is InChI=1S/C24H19N3O2S/c28-23(19-10-4-12-20(15-19)29-16-17-7-2-1-3-8-17)27-24(30)26-21-13-5-9-18-11-6-14-25-22(18)21/h1-15H,16H2,(H2,26,27,28,30). The van der Waals surface area contributed by atoms with E-state index in [2.05, 4.69) is 15.6 Å². The molecule has 5 nitrogen and oxygen atoms in total. The molecule has 0 bridgehead atoms. The Labute approximate surface area is 179 Å². The highest BCUT2D eigenvalue weighted by molar-refractivity contribution is 7.80. The van der Waals surface area contributed by atoms with Gasteiger partial charge in [-0.1, -0.05) is 54.6 Å². The predicted molar refractivity (Wildman–Crippen MR) is 123 cm³/mol. The molecule has 0 atom stereocenters. The van der Waals surface area contributed by atoms with Crippen molar-refractivity contribution in [2.24, 2.45) is 0 Å². The number of amides is 1. The highest BCUT2D eigenvalue weighted by Crippen LogP contribution is 2.20. The summed E-state index contributed by atoms with van der Waals surface area (Å²) in [5.74, 6) is 0.300. The van der Waals surface area contributed by atoms with Crippen molar-refractivity contribution in [3.8, 4) is 5.75 Å². The average Bonchev–Trinajstić information content (AvgIpc) is 2.79.